The van der Waals surface area contributed by atoms with E-state index in [1.807, 2.05) is 26.6 Å². The Hall–Kier alpha value is -1.40. The largest absolute Gasteiger partial charge is 0.341 e. The van der Waals surface area contributed by atoms with Crippen molar-refractivity contribution in [2.45, 2.75) is 31.7 Å². The Morgan fingerprint density at radius 2 is 1.83 bits per heavy atom. The highest BCUT2D eigenvalue weighted by molar-refractivity contribution is 7.08. The number of hydrogen-bond donors (Lipinski definition) is 1. The van der Waals surface area contributed by atoms with Gasteiger partial charge in [-0.15, -0.1) is 0 Å². The van der Waals surface area contributed by atoms with Crippen molar-refractivity contribution in [3.8, 4) is 0 Å². The smallest absolute Gasteiger partial charge is 0.254 e. The quantitative estimate of drug-likeness (QED) is 0.887. The van der Waals surface area contributed by atoms with E-state index in [1.165, 1.54) is 6.42 Å². The molecule has 5 nitrogen and oxygen atoms in total. The van der Waals surface area contributed by atoms with Gasteiger partial charge >= 0.3 is 0 Å². The van der Waals surface area contributed by atoms with Crippen LogP contribution in [0.3, 0.4) is 0 Å². The zero-order valence-corrected chi connectivity index (χ0v) is 14.7. The summed E-state index contributed by atoms with van der Waals surface area (Å²) >= 11 is 1.54. The van der Waals surface area contributed by atoms with Crippen LogP contribution in [0.25, 0.3) is 0 Å². The van der Waals surface area contributed by atoms with E-state index in [-0.39, 0.29) is 23.8 Å². The number of thiophene rings is 1. The van der Waals surface area contributed by atoms with E-state index in [0.29, 0.717) is 24.9 Å². The molecular formula is C18H25N3O2S. The first-order chi connectivity index (χ1) is 11.6. The number of fused-ring (bicyclic) bond motifs is 2. The molecule has 1 aromatic rings. The summed E-state index contributed by atoms with van der Waals surface area (Å²) in [6, 6.07) is 1.91. The van der Waals surface area contributed by atoms with Gasteiger partial charge in [-0.3, -0.25) is 9.59 Å². The maximum absolute atomic E-state index is 13.0. The zero-order chi connectivity index (χ0) is 16.7. The van der Waals surface area contributed by atoms with Crippen LogP contribution in [0, 0.1) is 17.8 Å². The standard InChI is InChI=1S/C18H25N3O2S/c19-16-13-3-2-12(10-13)15(16)18(23)21-6-1-5-20(7-8-21)17(22)14-4-9-24-11-14/h4,9,11-13,15-16H,1-3,5-8,10,19H2. The molecule has 24 heavy (non-hydrogen) atoms. The van der Waals surface area contributed by atoms with E-state index in [4.69, 9.17) is 5.73 Å². The fourth-order valence-electron chi connectivity index (χ4n) is 4.82. The number of amides is 2. The van der Waals surface area contributed by atoms with Crippen molar-refractivity contribution >= 4 is 23.2 Å². The summed E-state index contributed by atoms with van der Waals surface area (Å²) in [4.78, 5) is 29.4. The van der Waals surface area contributed by atoms with Crippen LogP contribution in [-0.4, -0.2) is 53.8 Å². The van der Waals surface area contributed by atoms with E-state index in [9.17, 15) is 9.59 Å². The van der Waals surface area contributed by atoms with Crippen molar-refractivity contribution in [1.29, 1.82) is 0 Å². The van der Waals surface area contributed by atoms with Crippen LogP contribution in [-0.2, 0) is 4.79 Å². The molecule has 4 atom stereocenters. The predicted molar refractivity (Wildman–Crippen MR) is 93.7 cm³/mol. The summed E-state index contributed by atoms with van der Waals surface area (Å²) in [5.74, 6) is 1.38. The Bertz CT molecular complexity index is 616. The minimum atomic E-state index is 0.0166. The highest BCUT2D eigenvalue weighted by Crippen LogP contribution is 2.48. The molecule has 130 valence electrons. The summed E-state index contributed by atoms with van der Waals surface area (Å²) in [5.41, 5.74) is 7.10. The van der Waals surface area contributed by atoms with Crippen molar-refractivity contribution in [2.75, 3.05) is 26.2 Å². The van der Waals surface area contributed by atoms with Crippen molar-refractivity contribution in [3.63, 3.8) is 0 Å². The number of carbonyl (C=O) groups excluding carboxylic acids is 2. The number of nitrogens with zero attached hydrogens (tertiary/aromatic N) is 2. The lowest BCUT2D eigenvalue weighted by molar-refractivity contribution is -0.137. The van der Waals surface area contributed by atoms with Gasteiger partial charge in [-0.2, -0.15) is 11.3 Å². The van der Waals surface area contributed by atoms with Crippen LogP contribution in [0.2, 0.25) is 0 Å². The summed E-state index contributed by atoms with van der Waals surface area (Å²) in [6.07, 6.45) is 4.33. The molecule has 1 aliphatic heterocycles. The molecule has 0 aromatic carbocycles. The molecule has 1 aromatic heterocycles. The van der Waals surface area contributed by atoms with Gasteiger partial charge in [0.2, 0.25) is 5.91 Å². The summed E-state index contributed by atoms with van der Waals surface area (Å²) in [6.45, 7) is 2.72. The van der Waals surface area contributed by atoms with E-state index in [1.54, 1.807) is 11.3 Å². The molecule has 4 rings (SSSR count). The van der Waals surface area contributed by atoms with Gasteiger partial charge in [-0.1, -0.05) is 0 Å². The molecule has 0 spiro atoms. The van der Waals surface area contributed by atoms with Gasteiger partial charge in [0, 0.05) is 37.6 Å². The predicted octanol–water partition coefficient (Wildman–Crippen LogP) is 1.80. The first-order valence-electron chi connectivity index (χ1n) is 9.01. The van der Waals surface area contributed by atoms with Crippen LogP contribution in [0.4, 0.5) is 0 Å². The monoisotopic (exact) mass is 347 g/mol. The maximum Gasteiger partial charge on any atom is 0.254 e. The van der Waals surface area contributed by atoms with Gasteiger partial charge in [-0.25, -0.2) is 0 Å². The number of nitrogens with two attached hydrogens (primary N) is 1. The Morgan fingerprint density at radius 1 is 1.08 bits per heavy atom. The molecule has 2 amide bonds. The van der Waals surface area contributed by atoms with Crippen LogP contribution >= 0.6 is 11.3 Å². The van der Waals surface area contributed by atoms with Gasteiger partial charge in [0.05, 0.1) is 11.5 Å². The van der Waals surface area contributed by atoms with Crippen LogP contribution in [0.15, 0.2) is 16.8 Å². The third kappa shape index (κ3) is 2.75. The molecule has 2 N–H and O–H groups in total. The summed E-state index contributed by atoms with van der Waals surface area (Å²) in [7, 11) is 0. The highest BCUT2D eigenvalue weighted by Gasteiger charge is 2.50. The minimum Gasteiger partial charge on any atom is -0.341 e. The van der Waals surface area contributed by atoms with Crippen molar-refractivity contribution in [3.05, 3.63) is 22.4 Å². The molecule has 3 fully saturated rings. The van der Waals surface area contributed by atoms with E-state index in [0.717, 1.165) is 37.9 Å². The van der Waals surface area contributed by atoms with Crippen LogP contribution in [0.5, 0.6) is 0 Å². The SMILES string of the molecule is NC1C2CCC(C2)C1C(=O)N1CCCN(C(=O)c2ccsc2)CC1. The molecular weight excluding hydrogens is 322 g/mol. The normalized spacial score (nSPS) is 32.9. The average molecular weight is 347 g/mol. The Balaban J connectivity index is 1.40. The van der Waals surface area contributed by atoms with Gasteiger partial charge in [0.1, 0.15) is 0 Å². The molecule has 2 heterocycles. The average Bonchev–Trinajstić information content (AvgIpc) is 3.28. The lowest BCUT2D eigenvalue weighted by Gasteiger charge is -2.32. The van der Waals surface area contributed by atoms with Crippen molar-refractivity contribution in [1.82, 2.24) is 9.80 Å². The molecule has 6 heteroatoms. The molecule has 3 aliphatic rings. The van der Waals surface area contributed by atoms with E-state index in [2.05, 4.69) is 0 Å². The Morgan fingerprint density at radius 3 is 2.54 bits per heavy atom. The first-order valence-corrected chi connectivity index (χ1v) is 9.95. The molecule has 4 unspecified atom stereocenters. The molecule has 2 saturated carbocycles. The number of rotatable bonds is 2. The first kappa shape index (κ1) is 16.1. The number of carbonyl (C=O) groups is 2. The summed E-state index contributed by atoms with van der Waals surface area (Å²) in [5, 5.41) is 3.82. The van der Waals surface area contributed by atoms with E-state index < -0.39 is 0 Å². The maximum atomic E-state index is 13.0. The lowest BCUT2D eigenvalue weighted by atomic mass is 9.84. The zero-order valence-electron chi connectivity index (χ0n) is 13.9. The molecule has 2 bridgehead atoms. The van der Waals surface area contributed by atoms with E-state index >= 15 is 0 Å². The Labute approximate surface area is 146 Å². The number of hydrogen-bond acceptors (Lipinski definition) is 4. The molecule has 2 aliphatic carbocycles. The second kappa shape index (κ2) is 6.48. The fraction of sp³-hybridized carbons (Fsp3) is 0.667. The van der Waals surface area contributed by atoms with Crippen LogP contribution in [0.1, 0.15) is 36.0 Å². The minimum absolute atomic E-state index is 0.0166. The summed E-state index contributed by atoms with van der Waals surface area (Å²) < 4.78 is 0. The molecule has 0 radical (unpaired) electrons. The second-order valence-electron chi connectivity index (χ2n) is 7.42. The second-order valence-corrected chi connectivity index (χ2v) is 8.20. The lowest BCUT2D eigenvalue weighted by Crippen LogP contribution is -2.48. The van der Waals surface area contributed by atoms with Crippen molar-refractivity contribution < 1.29 is 9.59 Å². The highest BCUT2D eigenvalue weighted by atomic mass is 32.1. The van der Waals surface area contributed by atoms with Gasteiger partial charge in [0.25, 0.3) is 5.91 Å². The third-order valence-electron chi connectivity index (χ3n) is 6.13. The van der Waals surface area contributed by atoms with Crippen molar-refractivity contribution in [2.24, 2.45) is 23.5 Å². The van der Waals surface area contributed by atoms with Gasteiger partial charge < -0.3 is 15.5 Å². The van der Waals surface area contributed by atoms with Gasteiger partial charge in [0.15, 0.2) is 0 Å². The van der Waals surface area contributed by atoms with Gasteiger partial charge in [-0.05, 0) is 49.0 Å². The fourth-order valence-corrected chi connectivity index (χ4v) is 5.45. The molecule has 1 saturated heterocycles. The van der Waals surface area contributed by atoms with Crippen LogP contribution < -0.4 is 5.73 Å². The third-order valence-corrected chi connectivity index (χ3v) is 6.81. The Kier molecular flexibility index (Phi) is 4.35. The topological polar surface area (TPSA) is 66.6 Å².